The van der Waals surface area contributed by atoms with Crippen molar-refractivity contribution in [3.05, 3.63) is 71.8 Å². The van der Waals surface area contributed by atoms with Crippen molar-refractivity contribution >= 4 is 0 Å². The third-order valence-electron chi connectivity index (χ3n) is 3.10. The number of nitrogens with one attached hydrogen (secondary N) is 1. The number of benzene rings is 2. The van der Waals surface area contributed by atoms with E-state index in [9.17, 15) is 0 Å². The molecule has 2 rings (SSSR count). The SMILES string of the molecule is C[C@](N)(CNCc1ccccc1)c1ccccc1. The molecule has 0 unspecified atom stereocenters. The molecule has 0 aliphatic heterocycles. The minimum atomic E-state index is -0.337. The molecule has 0 bridgehead atoms. The van der Waals surface area contributed by atoms with Gasteiger partial charge in [-0.3, -0.25) is 0 Å². The van der Waals surface area contributed by atoms with Gasteiger partial charge in [-0.15, -0.1) is 0 Å². The summed E-state index contributed by atoms with van der Waals surface area (Å²) in [5.74, 6) is 0. The molecule has 2 heteroatoms. The van der Waals surface area contributed by atoms with Crippen molar-refractivity contribution in [3.63, 3.8) is 0 Å². The summed E-state index contributed by atoms with van der Waals surface area (Å²) < 4.78 is 0. The second-order valence-electron chi connectivity index (χ2n) is 4.87. The lowest BCUT2D eigenvalue weighted by atomic mass is 9.93. The van der Waals surface area contributed by atoms with Gasteiger partial charge in [-0.25, -0.2) is 0 Å². The van der Waals surface area contributed by atoms with E-state index in [1.165, 1.54) is 5.56 Å². The summed E-state index contributed by atoms with van der Waals surface area (Å²) in [6.07, 6.45) is 0. The molecule has 2 aromatic carbocycles. The topological polar surface area (TPSA) is 38.0 Å². The minimum absolute atomic E-state index is 0.337. The van der Waals surface area contributed by atoms with Crippen molar-refractivity contribution in [2.75, 3.05) is 6.54 Å². The third-order valence-corrected chi connectivity index (χ3v) is 3.10. The lowest BCUT2D eigenvalue weighted by Gasteiger charge is -2.25. The van der Waals surface area contributed by atoms with Crippen LogP contribution >= 0.6 is 0 Å². The van der Waals surface area contributed by atoms with Gasteiger partial charge >= 0.3 is 0 Å². The maximum atomic E-state index is 6.34. The van der Waals surface area contributed by atoms with Gasteiger partial charge in [0.1, 0.15) is 0 Å². The zero-order valence-electron chi connectivity index (χ0n) is 10.8. The van der Waals surface area contributed by atoms with Gasteiger partial charge in [-0.2, -0.15) is 0 Å². The van der Waals surface area contributed by atoms with Crippen LogP contribution in [0.5, 0.6) is 0 Å². The number of hydrogen-bond acceptors (Lipinski definition) is 2. The standard InChI is InChI=1S/C16H20N2/c1-16(17,15-10-6-3-7-11-15)13-18-12-14-8-4-2-5-9-14/h2-11,18H,12-13,17H2,1H3/t16-/m0/s1. The van der Waals surface area contributed by atoms with Crippen LogP contribution in [0.15, 0.2) is 60.7 Å². The van der Waals surface area contributed by atoms with Crippen molar-refractivity contribution < 1.29 is 0 Å². The summed E-state index contributed by atoms with van der Waals surface area (Å²) in [5, 5.41) is 3.42. The van der Waals surface area contributed by atoms with Gasteiger partial charge in [0.15, 0.2) is 0 Å². The van der Waals surface area contributed by atoms with Crippen LogP contribution in [0.1, 0.15) is 18.1 Å². The molecule has 0 amide bonds. The third kappa shape index (κ3) is 3.42. The molecule has 1 atom stereocenters. The van der Waals surface area contributed by atoms with Gasteiger partial charge < -0.3 is 11.1 Å². The molecule has 0 heterocycles. The molecule has 0 saturated heterocycles. The molecule has 0 spiro atoms. The summed E-state index contributed by atoms with van der Waals surface area (Å²) in [6, 6.07) is 20.6. The Morgan fingerprint density at radius 3 is 2.11 bits per heavy atom. The Bertz CT molecular complexity index is 463. The van der Waals surface area contributed by atoms with E-state index in [4.69, 9.17) is 5.73 Å². The van der Waals surface area contributed by atoms with Crippen LogP contribution in [0.25, 0.3) is 0 Å². The van der Waals surface area contributed by atoms with Crippen LogP contribution in [0.2, 0.25) is 0 Å². The first-order chi connectivity index (χ1) is 8.68. The summed E-state index contributed by atoms with van der Waals surface area (Å²) in [6.45, 7) is 3.66. The average molecular weight is 240 g/mol. The highest BCUT2D eigenvalue weighted by molar-refractivity contribution is 5.23. The fraction of sp³-hybridized carbons (Fsp3) is 0.250. The molecular weight excluding hydrogens is 220 g/mol. The van der Waals surface area contributed by atoms with E-state index < -0.39 is 0 Å². The van der Waals surface area contributed by atoms with Crippen LogP contribution in [0.3, 0.4) is 0 Å². The Morgan fingerprint density at radius 2 is 1.50 bits per heavy atom. The normalized spacial score (nSPS) is 14.1. The van der Waals surface area contributed by atoms with E-state index in [1.54, 1.807) is 0 Å². The van der Waals surface area contributed by atoms with Gasteiger partial charge in [-0.05, 0) is 18.1 Å². The summed E-state index contributed by atoms with van der Waals surface area (Å²) in [7, 11) is 0. The van der Waals surface area contributed by atoms with Gasteiger partial charge in [0.25, 0.3) is 0 Å². The fourth-order valence-electron chi connectivity index (χ4n) is 1.98. The Kier molecular flexibility index (Phi) is 4.13. The van der Waals surface area contributed by atoms with E-state index in [1.807, 2.05) is 24.3 Å². The maximum absolute atomic E-state index is 6.34. The highest BCUT2D eigenvalue weighted by Gasteiger charge is 2.19. The first kappa shape index (κ1) is 12.8. The van der Waals surface area contributed by atoms with Gasteiger partial charge in [0, 0.05) is 13.1 Å². The van der Waals surface area contributed by atoms with Crippen LogP contribution in [0, 0.1) is 0 Å². The monoisotopic (exact) mass is 240 g/mol. The molecule has 2 nitrogen and oxygen atoms in total. The molecule has 0 aromatic heterocycles. The molecule has 0 saturated carbocycles. The van der Waals surface area contributed by atoms with Crippen molar-refractivity contribution in [2.24, 2.45) is 5.73 Å². The maximum Gasteiger partial charge on any atom is 0.0507 e. The number of rotatable bonds is 5. The Balaban J connectivity index is 1.90. The van der Waals surface area contributed by atoms with Gasteiger partial charge in [-0.1, -0.05) is 60.7 Å². The number of hydrogen-bond donors (Lipinski definition) is 2. The second kappa shape index (κ2) is 5.80. The van der Waals surface area contributed by atoms with Crippen LogP contribution in [-0.2, 0) is 12.1 Å². The van der Waals surface area contributed by atoms with Crippen LogP contribution in [-0.4, -0.2) is 6.54 Å². The second-order valence-corrected chi connectivity index (χ2v) is 4.87. The highest BCUT2D eigenvalue weighted by atomic mass is 14.9. The predicted molar refractivity (Wildman–Crippen MR) is 76.1 cm³/mol. The number of nitrogens with two attached hydrogens (primary N) is 1. The predicted octanol–water partition coefficient (Wildman–Crippen LogP) is 2.65. The Hall–Kier alpha value is -1.64. The first-order valence-corrected chi connectivity index (χ1v) is 6.27. The summed E-state index contributed by atoms with van der Waals surface area (Å²) in [5.41, 5.74) is 8.44. The molecule has 0 aliphatic rings. The van der Waals surface area contributed by atoms with E-state index in [-0.39, 0.29) is 5.54 Å². The average Bonchev–Trinajstić information content (AvgIpc) is 2.41. The minimum Gasteiger partial charge on any atom is -0.321 e. The summed E-state index contributed by atoms with van der Waals surface area (Å²) >= 11 is 0. The lowest BCUT2D eigenvalue weighted by Crippen LogP contribution is -2.43. The van der Waals surface area contributed by atoms with Crippen LogP contribution < -0.4 is 11.1 Å². The van der Waals surface area contributed by atoms with Crippen molar-refractivity contribution in [1.82, 2.24) is 5.32 Å². The van der Waals surface area contributed by atoms with E-state index in [0.29, 0.717) is 0 Å². The molecule has 2 aromatic rings. The van der Waals surface area contributed by atoms with E-state index in [0.717, 1.165) is 18.7 Å². The Labute approximate surface area is 109 Å². The zero-order valence-corrected chi connectivity index (χ0v) is 10.8. The molecule has 0 radical (unpaired) electrons. The quantitative estimate of drug-likeness (QED) is 0.843. The van der Waals surface area contributed by atoms with E-state index in [2.05, 4.69) is 48.6 Å². The fourth-order valence-corrected chi connectivity index (χ4v) is 1.98. The molecule has 0 aliphatic carbocycles. The van der Waals surface area contributed by atoms with Crippen LogP contribution in [0.4, 0.5) is 0 Å². The van der Waals surface area contributed by atoms with Gasteiger partial charge in [0.2, 0.25) is 0 Å². The largest absolute Gasteiger partial charge is 0.321 e. The van der Waals surface area contributed by atoms with E-state index >= 15 is 0 Å². The molecule has 3 N–H and O–H groups in total. The summed E-state index contributed by atoms with van der Waals surface area (Å²) in [4.78, 5) is 0. The van der Waals surface area contributed by atoms with Crippen molar-refractivity contribution in [3.8, 4) is 0 Å². The van der Waals surface area contributed by atoms with Gasteiger partial charge in [0.05, 0.1) is 5.54 Å². The molecule has 94 valence electrons. The molecule has 18 heavy (non-hydrogen) atoms. The zero-order chi connectivity index (χ0) is 12.8. The van der Waals surface area contributed by atoms with Crippen molar-refractivity contribution in [2.45, 2.75) is 19.0 Å². The highest BCUT2D eigenvalue weighted by Crippen LogP contribution is 2.16. The smallest absolute Gasteiger partial charge is 0.0507 e. The van der Waals surface area contributed by atoms with Crippen molar-refractivity contribution in [1.29, 1.82) is 0 Å². The lowest BCUT2D eigenvalue weighted by molar-refractivity contribution is 0.446. The Morgan fingerprint density at radius 1 is 0.944 bits per heavy atom. The molecule has 0 fully saturated rings. The first-order valence-electron chi connectivity index (χ1n) is 6.27. The molecular formula is C16H20N2.